The molecule has 4 atom stereocenters. The molecule has 2 N–H and O–H groups in total. The fourth-order valence-electron chi connectivity index (χ4n) is 4.26. The van der Waals surface area contributed by atoms with E-state index in [2.05, 4.69) is 22.8 Å². The highest BCUT2D eigenvalue weighted by Gasteiger charge is 2.51. The maximum atomic E-state index is 13.0. The van der Waals surface area contributed by atoms with Crippen LogP contribution >= 0.6 is 0 Å². The first-order valence-corrected chi connectivity index (χ1v) is 9.44. The Balaban J connectivity index is 1.51. The Morgan fingerprint density at radius 3 is 1.44 bits per heavy atom. The molecule has 0 aliphatic heterocycles. The van der Waals surface area contributed by atoms with Crippen LogP contribution in [0.5, 0.6) is 0 Å². The van der Waals surface area contributed by atoms with Crippen molar-refractivity contribution in [1.82, 2.24) is 0 Å². The molecule has 4 nitrogen and oxygen atoms in total. The van der Waals surface area contributed by atoms with Crippen LogP contribution in [-0.2, 0) is 9.59 Å². The van der Waals surface area contributed by atoms with E-state index in [4.69, 9.17) is 0 Å². The van der Waals surface area contributed by atoms with Crippen molar-refractivity contribution < 1.29 is 9.59 Å². The molecule has 2 bridgehead atoms. The van der Waals surface area contributed by atoms with E-state index in [1.807, 2.05) is 62.4 Å². The van der Waals surface area contributed by atoms with Crippen LogP contribution in [0.4, 0.5) is 11.4 Å². The number of rotatable bonds is 4. The molecule has 27 heavy (non-hydrogen) atoms. The summed E-state index contributed by atoms with van der Waals surface area (Å²) in [5.74, 6) is -0.526. The summed E-state index contributed by atoms with van der Waals surface area (Å²) in [6, 6.07) is 15.5. The maximum absolute atomic E-state index is 13.0. The van der Waals surface area contributed by atoms with Gasteiger partial charge in [-0.25, -0.2) is 0 Å². The summed E-state index contributed by atoms with van der Waals surface area (Å²) in [4.78, 5) is 26.0. The molecule has 2 aromatic carbocycles. The summed E-state index contributed by atoms with van der Waals surface area (Å²) < 4.78 is 0. The fourth-order valence-corrected chi connectivity index (χ4v) is 4.26. The Hall–Kier alpha value is -2.88. The highest BCUT2D eigenvalue weighted by molar-refractivity contribution is 6.01. The molecule has 138 valence electrons. The van der Waals surface area contributed by atoms with Gasteiger partial charge in [0.2, 0.25) is 11.8 Å². The van der Waals surface area contributed by atoms with Crippen LogP contribution in [0.25, 0.3) is 0 Å². The number of carbonyl (C=O) groups is 2. The van der Waals surface area contributed by atoms with Crippen LogP contribution in [0.3, 0.4) is 0 Å². The van der Waals surface area contributed by atoms with Gasteiger partial charge in [0.1, 0.15) is 0 Å². The summed E-state index contributed by atoms with van der Waals surface area (Å²) in [5, 5.41) is 6.00. The average Bonchev–Trinajstić information content (AvgIpc) is 3.27. The highest BCUT2D eigenvalue weighted by atomic mass is 16.2. The smallest absolute Gasteiger partial charge is 0.228 e. The second kappa shape index (κ2) is 7.03. The third kappa shape index (κ3) is 3.52. The number of carbonyl (C=O) groups excluding carboxylic acids is 2. The monoisotopic (exact) mass is 360 g/mol. The molecule has 2 aliphatic rings. The van der Waals surface area contributed by atoms with E-state index in [1.54, 1.807) is 0 Å². The molecule has 1 fully saturated rings. The minimum Gasteiger partial charge on any atom is -0.326 e. The first-order chi connectivity index (χ1) is 13.0. The number of anilines is 2. The van der Waals surface area contributed by atoms with Gasteiger partial charge >= 0.3 is 0 Å². The molecular weight excluding hydrogens is 336 g/mol. The number of hydrogen-bond donors (Lipinski definition) is 2. The van der Waals surface area contributed by atoms with Gasteiger partial charge in [0.25, 0.3) is 0 Å². The summed E-state index contributed by atoms with van der Waals surface area (Å²) in [6.07, 6.45) is 5.07. The molecule has 4 heteroatoms. The van der Waals surface area contributed by atoms with Crippen molar-refractivity contribution in [3.8, 4) is 0 Å². The zero-order valence-electron chi connectivity index (χ0n) is 15.6. The van der Waals surface area contributed by atoms with Crippen molar-refractivity contribution in [2.24, 2.45) is 23.7 Å². The van der Waals surface area contributed by atoms with Crippen LogP contribution < -0.4 is 10.6 Å². The number of aryl methyl sites for hydroxylation is 2. The van der Waals surface area contributed by atoms with Crippen molar-refractivity contribution in [2.75, 3.05) is 10.6 Å². The van der Waals surface area contributed by atoms with Crippen molar-refractivity contribution in [1.29, 1.82) is 0 Å². The van der Waals surface area contributed by atoms with Crippen molar-refractivity contribution in [3.63, 3.8) is 0 Å². The van der Waals surface area contributed by atoms with Crippen LogP contribution in [0.1, 0.15) is 17.5 Å². The van der Waals surface area contributed by atoms with Crippen molar-refractivity contribution >= 4 is 23.2 Å². The second-order valence-electron chi connectivity index (χ2n) is 7.71. The van der Waals surface area contributed by atoms with E-state index in [1.165, 1.54) is 0 Å². The molecule has 0 heterocycles. The molecule has 0 unspecified atom stereocenters. The molecule has 4 rings (SSSR count). The molecule has 2 aromatic rings. The molecule has 0 aromatic heterocycles. The molecule has 0 saturated heterocycles. The number of fused-ring (bicyclic) bond motifs is 2. The topological polar surface area (TPSA) is 58.2 Å². The van der Waals surface area contributed by atoms with Gasteiger partial charge in [-0.2, -0.15) is 0 Å². The van der Waals surface area contributed by atoms with Gasteiger partial charge in [-0.05, 0) is 56.4 Å². The molecule has 2 aliphatic carbocycles. The fraction of sp³-hybridized carbons (Fsp3) is 0.304. The first-order valence-electron chi connectivity index (χ1n) is 9.44. The number of nitrogens with one attached hydrogen (secondary N) is 2. The van der Waals surface area contributed by atoms with Gasteiger partial charge in [0.05, 0.1) is 11.8 Å². The van der Waals surface area contributed by atoms with Gasteiger partial charge in [-0.1, -0.05) is 47.5 Å². The largest absolute Gasteiger partial charge is 0.326 e. The van der Waals surface area contributed by atoms with Crippen molar-refractivity contribution in [3.05, 3.63) is 71.8 Å². The number of amides is 2. The molecular formula is C23H24N2O2. The lowest BCUT2D eigenvalue weighted by Crippen LogP contribution is -2.39. The Kier molecular flexibility index (Phi) is 4.56. The van der Waals surface area contributed by atoms with Gasteiger partial charge in [0, 0.05) is 11.4 Å². The lowest BCUT2D eigenvalue weighted by molar-refractivity contribution is -0.129. The minimum absolute atomic E-state index is 0.0697. The predicted octanol–water partition coefficient (Wildman–Crippen LogP) is 4.32. The molecule has 0 radical (unpaired) electrons. The highest BCUT2D eigenvalue weighted by Crippen LogP contribution is 2.48. The van der Waals surface area contributed by atoms with Crippen LogP contribution in [0.2, 0.25) is 0 Å². The average molecular weight is 360 g/mol. The Morgan fingerprint density at radius 2 is 1.07 bits per heavy atom. The maximum Gasteiger partial charge on any atom is 0.228 e. The van der Waals surface area contributed by atoms with E-state index >= 15 is 0 Å². The quantitative estimate of drug-likeness (QED) is 0.798. The normalized spacial score (nSPS) is 25.4. The third-order valence-corrected chi connectivity index (χ3v) is 5.70. The minimum atomic E-state index is -0.327. The number of allylic oxidation sites excluding steroid dienone is 2. The summed E-state index contributed by atoms with van der Waals surface area (Å²) in [7, 11) is 0. The van der Waals surface area contributed by atoms with E-state index in [9.17, 15) is 9.59 Å². The van der Waals surface area contributed by atoms with E-state index in [0.717, 1.165) is 28.9 Å². The summed E-state index contributed by atoms with van der Waals surface area (Å²) in [5.41, 5.74) is 3.84. The van der Waals surface area contributed by atoms with E-state index in [-0.39, 0.29) is 35.5 Å². The number of benzene rings is 2. The lowest BCUT2D eigenvalue weighted by atomic mass is 9.81. The van der Waals surface area contributed by atoms with Gasteiger partial charge < -0.3 is 10.6 Å². The Bertz CT molecular complexity index is 810. The second-order valence-corrected chi connectivity index (χ2v) is 7.71. The molecule has 2 amide bonds. The zero-order chi connectivity index (χ0) is 19.0. The first kappa shape index (κ1) is 17.5. The van der Waals surface area contributed by atoms with Crippen LogP contribution in [-0.4, -0.2) is 11.8 Å². The van der Waals surface area contributed by atoms with Gasteiger partial charge in [0.15, 0.2) is 0 Å². The van der Waals surface area contributed by atoms with Gasteiger partial charge in [-0.15, -0.1) is 0 Å². The third-order valence-electron chi connectivity index (χ3n) is 5.70. The Morgan fingerprint density at radius 1 is 0.704 bits per heavy atom. The molecule has 0 spiro atoms. The Labute approximate surface area is 159 Å². The summed E-state index contributed by atoms with van der Waals surface area (Å²) in [6.45, 7) is 4.02. The van der Waals surface area contributed by atoms with Crippen LogP contribution in [0, 0.1) is 37.5 Å². The zero-order valence-corrected chi connectivity index (χ0v) is 15.6. The standard InChI is InChI=1S/C23H24N2O2/c1-14-3-9-18(10-4-14)24-22(26)20-16-7-8-17(13-16)21(20)23(27)25-19-11-5-15(2)6-12-19/h3-12,16-17,20-21H,13H2,1-2H3,(H,24,26)(H,25,27)/t16-,17+,20-,21+. The van der Waals surface area contributed by atoms with E-state index in [0.29, 0.717) is 0 Å². The molecule has 1 saturated carbocycles. The van der Waals surface area contributed by atoms with E-state index < -0.39 is 0 Å². The van der Waals surface area contributed by atoms with Crippen LogP contribution in [0.15, 0.2) is 60.7 Å². The SMILES string of the molecule is Cc1ccc(NC(=O)[C@@H]2[C@H](C(=O)Nc3ccc(C)cc3)[C@@H]3C=C[C@H]2C3)cc1. The predicted molar refractivity (Wildman–Crippen MR) is 107 cm³/mol. The summed E-state index contributed by atoms with van der Waals surface area (Å²) >= 11 is 0. The number of hydrogen-bond acceptors (Lipinski definition) is 2. The van der Waals surface area contributed by atoms with Crippen molar-refractivity contribution in [2.45, 2.75) is 20.3 Å². The van der Waals surface area contributed by atoms with Gasteiger partial charge in [-0.3, -0.25) is 9.59 Å². The lowest BCUT2D eigenvalue weighted by Gasteiger charge is -2.26.